The maximum atomic E-state index is 12.3. The van der Waals surface area contributed by atoms with Gasteiger partial charge in [-0.1, -0.05) is 52.3 Å². The van der Waals surface area contributed by atoms with Gasteiger partial charge in [-0.3, -0.25) is 4.79 Å². The van der Waals surface area contributed by atoms with Crippen LogP contribution in [0.5, 0.6) is 0 Å². The van der Waals surface area contributed by atoms with E-state index in [0.717, 1.165) is 10.0 Å². The van der Waals surface area contributed by atoms with E-state index in [9.17, 15) is 14.7 Å². The maximum absolute atomic E-state index is 12.3. The molecule has 0 aliphatic heterocycles. The fourth-order valence-corrected chi connectivity index (χ4v) is 3.63. The summed E-state index contributed by atoms with van der Waals surface area (Å²) in [5.41, 5.74) is 8.48. The number of halogens is 1. The smallest absolute Gasteiger partial charge is 0.341 e. The van der Waals surface area contributed by atoms with Crippen LogP contribution in [0, 0.1) is 0 Å². The van der Waals surface area contributed by atoms with Gasteiger partial charge in [-0.05, 0) is 17.7 Å². The van der Waals surface area contributed by atoms with Gasteiger partial charge in [0, 0.05) is 22.0 Å². The van der Waals surface area contributed by atoms with E-state index in [1.165, 1.54) is 4.68 Å². The minimum absolute atomic E-state index is 0.00238. The number of benzene rings is 2. The summed E-state index contributed by atoms with van der Waals surface area (Å²) in [6, 6.07) is 14.0. The van der Waals surface area contributed by atoms with Gasteiger partial charge in [-0.25, -0.2) is 9.48 Å². The molecule has 0 saturated heterocycles. The predicted octanol–water partition coefficient (Wildman–Crippen LogP) is 3.77. The van der Waals surface area contributed by atoms with Crippen molar-refractivity contribution in [3.05, 3.63) is 69.7 Å². The van der Waals surface area contributed by atoms with Crippen LogP contribution in [0.25, 0.3) is 11.3 Å². The third kappa shape index (κ3) is 2.52. The zero-order valence-corrected chi connectivity index (χ0v) is 15.1. The molecule has 1 aliphatic carbocycles. The Morgan fingerprint density at radius 1 is 1.19 bits per heavy atom. The number of Topliss-reactive ketones (excluding diaryl/α,β-unsaturated/α-hetero) is 1. The number of hydrogen-bond donors (Lipinski definition) is 2. The number of aromatic nitrogens is 2. The lowest BCUT2D eigenvalue weighted by atomic mass is 10.1. The van der Waals surface area contributed by atoms with Gasteiger partial charge < -0.3 is 10.8 Å². The molecular weight excluding hydrogens is 398 g/mol. The van der Waals surface area contributed by atoms with Crippen LogP contribution in [0.3, 0.4) is 0 Å². The Kier molecular flexibility index (Phi) is 3.88. The van der Waals surface area contributed by atoms with Crippen LogP contribution < -0.4 is 5.73 Å². The largest absolute Gasteiger partial charge is 0.477 e. The standard InChI is InChI=1S/C19H14BrN3O3/c20-11-7-5-10(6-8-11)17-16(19(25)26)18(21)23(22-17)14-9-15(24)13-4-2-1-3-12(13)14/h1-8,14H,9,21H2,(H,25,26). The number of hydrogen-bond acceptors (Lipinski definition) is 4. The van der Waals surface area contributed by atoms with Gasteiger partial charge in [0.25, 0.3) is 0 Å². The van der Waals surface area contributed by atoms with Gasteiger partial charge in [0.15, 0.2) is 5.78 Å². The maximum Gasteiger partial charge on any atom is 0.341 e. The molecule has 3 aromatic rings. The highest BCUT2D eigenvalue weighted by Crippen LogP contribution is 2.38. The fraction of sp³-hybridized carbons (Fsp3) is 0.105. The number of nitrogens with zero attached hydrogens (tertiary/aromatic N) is 2. The van der Waals surface area contributed by atoms with Crippen molar-refractivity contribution >= 4 is 33.5 Å². The number of rotatable bonds is 3. The average molecular weight is 412 g/mol. The molecule has 1 atom stereocenters. The first-order chi connectivity index (χ1) is 12.5. The van der Waals surface area contributed by atoms with Crippen molar-refractivity contribution in [3.63, 3.8) is 0 Å². The van der Waals surface area contributed by atoms with Crippen molar-refractivity contribution in [3.8, 4) is 11.3 Å². The number of anilines is 1. The van der Waals surface area contributed by atoms with Gasteiger partial charge in [0.05, 0.1) is 6.04 Å². The van der Waals surface area contributed by atoms with Gasteiger partial charge in [-0.2, -0.15) is 5.10 Å². The lowest BCUT2D eigenvalue weighted by Gasteiger charge is -2.13. The second-order valence-electron chi connectivity index (χ2n) is 6.10. The number of aromatic carboxylic acids is 1. The normalized spacial score (nSPS) is 15.9. The molecule has 0 fully saturated rings. The Morgan fingerprint density at radius 2 is 1.88 bits per heavy atom. The molecule has 0 bridgehead atoms. The quantitative estimate of drug-likeness (QED) is 0.683. The van der Waals surface area contributed by atoms with Gasteiger partial charge in [-0.15, -0.1) is 0 Å². The Hall–Kier alpha value is -2.93. The first kappa shape index (κ1) is 16.5. The SMILES string of the molecule is Nc1c(C(=O)O)c(-c2ccc(Br)cc2)nn1C1CC(=O)c2ccccc21. The Balaban J connectivity index is 1.89. The second kappa shape index (κ2) is 6.10. The first-order valence-corrected chi connectivity index (χ1v) is 8.76. The topological polar surface area (TPSA) is 98.2 Å². The van der Waals surface area contributed by atoms with E-state index in [0.29, 0.717) is 16.8 Å². The van der Waals surface area contributed by atoms with Crippen LogP contribution in [-0.4, -0.2) is 26.6 Å². The van der Waals surface area contributed by atoms with E-state index in [2.05, 4.69) is 21.0 Å². The summed E-state index contributed by atoms with van der Waals surface area (Å²) in [7, 11) is 0. The van der Waals surface area contributed by atoms with Crippen molar-refractivity contribution in [1.29, 1.82) is 0 Å². The van der Waals surface area contributed by atoms with E-state index in [1.54, 1.807) is 18.2 Å². The molecule has 7 heteroatoms. The number of carbonyl (C=O) groups is 2. The van der Waals surface area contributed by atoms with E-state index in [4.69, 9.17) is 5.73 Å². The van der Waals surface area contributed by atoms with E-state index < -0.39 is 12.0 Å². The number of carboxylic acids is 1. The average Bonchev–Trinajstić information content (AvgIpc) is 3.13. The summed E-state index contributed by atoms with van der Waals surface area (Å²) in [4.78, 5) is 24.1. The third-order valence-electron chi connectivity index (χ3n) is 4.57. The number of fused-ring (bicyclic) bond motifs is 1. The Morgan fingerprint density at radius 3 is 2.58 bits per heavy atom. The highest BCUT2D eigenvalue weighted by atomic mass is 79.9. The molecule has 4 rings (SSSR count). The zero-order valence-electron chi connectivity index (χ0n) is 13.5. The summed E-state index contributed by atoms with van der Waals surface area (Å²) >= 11 is 3.36. The minimum atomic E-state index is -1.15. The van der Waals surface area contributed by atoms with Crippen molar-refractivity contribution in [2.45, 2.75) is 12.5 Å². The molecule has 0 amide bonds. The third-order valence-corrected chi connectivity index (χ3v) is 5.10. The second-order valence-corrected chi connectivity index (χ2v) is 7.01. The number of ketones is 1. The highest BCUT2D eigenvalue weighted by molar-refractivity contribution is 9.10. The fourth-order valence-electron chi connectivity index (χ4n) is 3.36. The number of carboxylic acid groups (broad SMARTS) is 1. The lowest BCUT2D eigenvalue weighted by molar-refractivity contribution is 0.0698. The van der Waals surface area contributed by atoms with Crippen LogP contribution in [0.4, 0.5) is 5.82 Å². The number of nitrogens with two attached hydrogens (primary N) is 1. The molecule has 26 heavy (non-hydrogen) atoms. The van der Waals surface area contributed by atoms with Crippen LogP contribution in [0.1, 0.15) is 38.7 Å². The van der Waals surface area contributed by atoms with Crippen molar-refractivity contribution < 1.29 is 14.7 Å². The molecule has 130 valence electrons. The van der Waals surface area contributed by atoms with Crippen molar-refractivity contribution in [1.82, 2.24) is 9.78 Å². The monoisotopic (exact) mass is 411 g/mol. The summed E-state index contributed by atoms with van der Waals surface area (Å²) < 4.78 is 2.34. The number of carbonyl (C=O) groups excluding carboxylic acids is 1. The van der Waals surface area contributed by atoms with Crippen LogP contribution in [-0.2, 0) is 0 Å². The van der Waals surface area contributed by atoms with Gasteiger partial charge in [0.1, 0.15) is 17.1 Å². The minimum Gasteiger partial charge on any atom is -0.477 e. The van der Waals surface area contributed by atoms with Crippen LogP contribution >= 0.6 is 15.9 Å². The molecule has 1 unspecified atom stereocenters. The van der Waals surface area contributed by atoms with E-state index in [-0.39, 0.29) is 23.6 Å². The van der Waals surface area contributed by atoms with E-state index in [1.807, 2.05) is 30.3 Å². The number of nitrogen functional groups attached to an aromatic ring is 1. The van der Waals surface area contributed by atoms with Crippen LogP contribution in [0.15, 0.2) is 53.0 Å². The molecule has 1 aliphatic rings. The molecule has 1 aromatic heterocycles. The summed E-state index contributed by atoms with van der Waals surface area (Å²) in [6.45, 7) is 0. The molecule has 6 nitrogen and oxygen atoms in total. The van der Waals surface area contributed by atoms with Gasteiger partial charge >= 0.3 is 5.97 Å². The lowest BCUT2D eigenvalue weighted by Crippen LogP contribution is -2.13. The van der Waals surface area contributed by atoms with Crippen molar-refractivity contribution in [2.24, 2.45) is 0 Å². The van der Waals surface area contributed by atoms with Crippen LogP contribution in [0.2, 0.25) is 0 Å². The Labute approximate surface area is 157 Å². The molecule has 1 heterocycles. The Bertz CT molecular complexity index is 1040. The molecular formula is C19H14BrN3O3. The summed E-state index contributed by atoms with van der Waals surface area (Å²) in [5, 5.41) is 14.1. The van der Waals surface area contributed by atoms with E-state index >= 15 is 0 Å². The highest BCUT2D eigenvalue weighted by Gasteiger charge is 2.34. The molecule has 0 radical (unpaired) electrons. The molecule has 0 saturated carbocycles. The summed E-state index contributed by atoms with van der Waals surface area (Å²) in [5.74, 6) is -1.10. The first-order valence-electron chi connectivity index (χ1n) is 7.96. The molecule has 3 N–H and O–H groups in total. The predicted molar refractivity (Wildman–Crippen MR) is 100 cm³/mol. The molecule has 2 aromatic carbocycles. The van der Waals surface area contributed by atoms with Crippen molar-refractivity contribution in [2.75, 3.05) is 5.73 Å². The molecule has 0 spiro atoms. The zero-order chi connectivity index (χ0) is 18.4. The van der Waals surface area contributed by atoms with Gasteiger partial charge in [0.2, 0.25) is 0 Å². The summed E-state index contributed by atoms with van der Waals surface area (Å²) in [6.07, 6.45) is 0.212.